The van der Waals surface area contributed by atoms with Gasteiger partial charge in [-0.3, -0.25) is 10.1 Å². The predicted octanol–water partition coefficient (Wildman–Crippen LogP) is 3.42. The number of amides is 1. The fourth-order valence-electron chi connectivity index (χ4n) is 3.15. The van der Waals surface area contributed by atoms with Gasteiger partial charge in [-0.1, -0.05) is 48.5 Å². The van der Waals surface area contributed by atoms with E-state index in [1.54, 1.807) is 0 Å². The fraction of sp³-hybridized carbons (Fsp3) is 0.278. The van der Waals surface area contributed by atoms with Gasteiger partial charge in [-0.25, -0.2) is 0 Å². The normalized spacial score (nSPS) is 21.7. The highest BCUT2D eigenvalue weighted by Crippen LogP contribution is 2.43. The summed E-state index contributed by atoms with van der Waals surface area (Å²) in [6.07, 6.45) is 2.48. The number of anilines is 1. The summed E-state index contributed by atoms with van der Waals surface area (Å²) in [7, 11) is 0. The maximum atomic E-state index is 12.3. The number of carbonyl (C=O) groups excluding carboxylic acids is 1. The molecule has 1 amide bonds. The van der Waals surface area contributed by atoms with Gasteiger partial charge in [0.25, 0.3) is 0 Å². The highest BCUT2D eigenvalue weighted by Gasteiger charge is 2.38. The van der Waals surface area contributed by atoms with E-state index in [0.717, 1.165) is 11.3 Å². The van der Waals surface area contributed by atoms with Gasteiger partial charge < -0.3 is 5.32 Å². The first-order valence-electron chi connectivity index (χ1n) is 7.54. The highest BCUT2D eigenvalue weighted by atomic mass is 16.2. The molecule has 106 valence electrons. The zero-order chi connectivity index (χ0) is 14.2. The minimum Gasteiger partial charge on any atom is -0.324 e. The smallest absolute Gasteiger partial charge is 0.246 e. The van der Waals surface area contributed by atoms with Crippen LogP contribution in [0.3, 0.4) is 0 Å². The van der Waals surface area contributed by atoms with Gasteiger partial charge in [-0.15, -0.1) is 0 Å². The number of hydrogen-bond acceptors (Lipinski definition) is 2. The first kappa shape index (κ1) is 12.6. The average molecular weight is 278 g/mol. The first-order valence-corrected chi connectivity index (χ1v) is 7.54. The summed E-state index contributed by atoms with van der Waals surface area (Å²) < 4.78 is 0. The second-order valence-electron chi connectivity index (χ2n) is 5.90. The Bertz CT molecular complexity index is 664. The summed E-state index contributed by atoms with van der Waals surface area (Å²) in [4.78, 5) is 12.3. The van der Waals surface area contributed by atoms with Crippen molar-refractivity contribution in [2.75, 3.05) is 5.32 Å². The molecule has 1 fully saturated rings. The molecule has 0 saturated heterocycles. The van der Waals surface area contributed by atoms with Crippen LogP contribution < -0.4 is 10.6 Å². The Morgan fingerprint density at radius 2 is 1.71 bits per heavy atom. The molecule has 4 rings (SSSR count). The Morgan fingerprint density at radius 1 is 1.00 bits per heavy atom. The topological polar surface area (TPSA) is 41.1 Å². The highest BCUT2D eigenvalue weighted by molar-refractivity contribution is 6.02. The molecule has 1 heterocycles. The largest absolute Gasteiger partial charge is 0.324 e. The minimum atomic E-state index is -0.244. The van der Waals surface area contributed by atoms with Crippen molar-refractivity contribution in [2.24, 2.45) is 5.92 Å². The van der Waals surface area contributed by atoms with Crippen LogP contribution >= 0.6 is 0 Å². The van der Waals surface area contributed by atoms with E-state index in [0.29, 0.717) is 5.92 Å². The second kappa shape index (κ2) is 5.01. The number of benzene rings is 2. The molecule has 0 bridgehead atoms. The molecule has 0 spiro atoms. The number of para-hydroxylation sites is 1. The number of rotatable bonds is 4. The number of fused-ring (bicyclic) bond motifs is 1. The third-order valence-corrected chi connectivity index (χ3v) is 4.39. The lowest BCUT2D eigenvalue weighted by molar-refractivity contribution is -0.117. The van der Waals surface area contributed by atoms with Crippen molar-refractivity contribution in [3.05, 3.63) is 65.7 Å². The van der Waals surface area contributed by atoms with E-state index < -0.39 is 0 Å². The Morgan fingerprint density at radius 3 is 2.48 bits per heavy atom. The van der Waals surface area contributed by atoms with Crippen molar-refractivity contribution in [1.29, 1.82) is 0 Å². The molecule has 1 aliphatic heterocycles. The van der Waals surface area contributed by atoms with E-state index in [1.165, 1.54) is 18.4 Å². The molecule has 2 aliphatic rings. The van der Waals surface area contributed by atoms with E-state index in [2.05, 4.69) is 34.9 Å². The molecule has 1 saturated carbocycles. The summed E-state index contributed by atoms with van der Waals surface area (Å²) in [5, 5.41) is 6.55. The zero-order valence-electron chi connectivity index (χ0n) is 11.8. The molecule has 3 heteroatoms. The summed E-state index contributed by atoms with van der Waals surface area (Å²) in [6, 6.07) is 18.4. The molecule has 2 aromatic rings. The van der Waals surface area contributed by atoms with Gasteiger partial charge >= 0.3 is 0 Å². The van der Waals surface area contributed by atoms with Crippen LogP contribution in [-0.2, 0) is 4.79 Å². The van der Waals surface area contributed by atoms with Crippen molar-refractivity contribution >= 4 is 11.6 Å². The predicted molar refractivity (Wildman–Crippen MR) is 82.9 cm³/mol. The van der Waals surface area contributed by atoms with Gasteiger partial charge in [0, 0.05) is 17.3 Å². The molecule has 21 heavy (non-hydrogen) atoms. The van der Waals surface area contributed by atoms with Crippen molar-refractivity contribution in [3.8, 4) is 0 Å². The average Bonchev–Trinajstić information content (AvgIpc) is 3.30. The molecular weight excluding hydrogens is 260 g/mol. The van der Waals surface area contributed by atoms with Crippen molar-refractivity contribution in [3.63, 3.8) is 0 Å². The fourth-order valence-corrected chi connectivity index (χ4v) is 3.15. The summed E-state index contributed by atoms with van der Waals surface area (Å²) >= 11 is 0. The minimum absolute atomic E-state index is 0.0535. The third kappa shape index (κ3) is 2.34. The van der Waals surface area contributed by atoms with Crippen LogP contribution in [0.4, 0.5) is 5.69 Å². The molecule has 2 aromatic carbocycles. The van der Waals surface area contributed by atoms with Crippen LogP contribution in [0.15, 0.2) is 54.6 Å². The molecule has 2 N–H and O–H groups in total. The molecular formula is C18H18N2O. The van der Waals surface area contributed by atoms with Gasteiger partial charge in [0.15, 0.2) is 0 Å². The maximum Gasteiger partial charge on any atom is 0.246 e. The summed E-state index contributed by atoms with van der Waals surface area (Å²) in [5.74, 6) is 0.700. The summed E-state index contributed by atoms with van der Waals surface area (Å²) in [5.41, 5.74) is 3.27. The Balaban J connectivity index is 1.63. The van der Waals surface area contributed by atoms with E-state index in [-0.39, 0.29) is 18.0 Å². The van der Waals surface area contributed by atoms with Gasteiger partial charge in [0.1, 0.15) is 6.04 Å². The molecule has 2 atom stereocenters. The van der Waals surface area contributed by atoms with E-state index >= 15 is 0 Å². The second-order valence-corrected chi connectivity index (χ2v) is 5.90. The Kier molecular flexibility index (Phi) is 3.00. The maximum absolute atomic E-state index is 12.3. The van der Waals surface area contributed by atoms with Gasteiger partial charge in [0.05, 0.1) is 0 Å². The molecule has 1 aliphatic carbocycles. The summed E-state index contributed by atoms with van der Waals surface area (Å²) in [6.45, 7) is 0. The number of nitrogens with one attached hydrogen (secondary N) is 2. The van der Waals surface area contributed by atoms with E-state index in [4.69, 9.17) is 0 Å². The molecule has 2 unspecified atom stereocenters. The van der Waals surface area contributed by atoms with Crippen molar-refractivity contribution in [1.82, 2.24) is 5.32 Å². The monoisotopic (exact) mass is 278 g/mol. The van der Waals surface area contributed by atoms with Crippen LogP contribution in [0.1, 0.15) is 36.1 Å². The van der Waals surface area contributed by atoms with Crippen LogP contribution in [0, 0.1) is 5.92 Å². The van der Waals surface area contributed by atoms with E-state index in [9.17, 15) is 4.79 Å². The Labute approximate surface area is 124 Å². The van der Waals surface area contributed by atoms with Gasteiger partial charge in [-0.2, -0.15) is 0 Å². The lowest BCUT2D eigenvalue weighted by Crippen LogP contribution is -2.32. The number of carbonyl (C=O) groups is 1. The van der Waals surface area contributed by atoms with Gasteiger partial charge in [-0.05, 0) is 30.4 Å². The van der Waals surface area contributed by atoms with Crippen LogP contribution in [0.5, 0.6) is 0 Å². The number of hydrogen-bond donors (Lipinski definition) is 2. The standard InChI is InChI=1S/C18H18N2O/c21-18-17(14-8-4-5-9-15(14)19-18)20-16(13-10-11-13)12-6-2-1-3-7-12/h1-9,13,16-17,20H,10-11H2,(H,19,21). The lowest BCUT2D eigenvalue weighted by atomic mass is 9.99. The molecule has 0 aromatic heterocycles. The van der Waals surface area contributed by atoms with Gasteiger partial charge in [0.2, 0.25) is 5.91 Å². The molecule has 0 radical (unpaired) electrons. The first-order chi connectivity index (χ1) is 10.3. The lowest BCUT2D eigenvalue weighted by Gasteiger charge is -2.22. The Hall–Kier alpha value is -2.13. The zero-order valence-corrected chi connectivity index (χ0v) is 11.8. The SMILES string of the molecule is O=C1Nc2ccccc2C1NC(c1ccccc1)C1CC1. The van der Waals surface area contributed by atoms with Crippen LogP contribution in [0.2, 0.25) is 0 Å². The van der Waals surface area contributed by atoms with Crippen LogP contribution in [-0.4, -0.2) is 5.91 Å². The third-order valence-electron chi connectivity index (χ3n) is 4.39. The quantitative estimate of drug-likeness (QED) is 0.899. The van der Waals surface area contributed by atoms with Crippen LogP contribution in [0.25, 0.3) is 0 Å². The van der Waals surface area contributed by atoms with Crippen molar-refractivity contribution < 1.29 is 4.79 Å². The van der Waals surface area contributed by atoms with E-state index in [1.807, 2.05) is 30.3 Å². The van der Waals surface area contributed by atoms with Crippen molar-refractivity contribution in [2.45, 2.75) is 24.9 Å². The molecule has 3 nitrogen and oxygen atoms in total.